The minimum absolute atomic E-state index is 0.00551. The zero-order chi connectivity index (χ0) is 13.9. The Kier molecular flexibility index (Phi) is 3.52. The van der Waals surface area contributed by atoms with Crippen molar-refractivity contribution >= 4 is 28.3 Å². The van der Waals surface area contributed by atoms with Gasteiger partial charge in [-0.1, -0.05) is 18.2 Å². The third-order valence-electron chi connectivity index (χ3n) is 3.19. The van der Waals surface area contributed by atoms with Crippen LogP contribution in [0.5, 0.6) is 0 Å². The monoisotopic (exact) mass is 285 g/mol. The smallest absolute Gasteiger partial charge is 0.240 e. The number of imidazole rings is 1. The van der Waals surface area contributed by atoms with Crippen LogP contribution in [0.4, 0.5) is 0 Å². The topological polar surface area (TPSA) is 46.9 Å². The quantitative estimate of drug-likeness (QED) is 0.801. The van der Waals surface area contributed by atoms with Gasteiger partial charge in [-0.15, -0.1) is 11.3 Å². The second-order valence-corrected chi connectivity index (χ2v) is 5.65. The van der Waals surface area contributed by atoms with E-state index < -0.39 is 0 Å². The first-order valence-electron chi connectivity index (χ1n) is 6.46. The molecule has 2 aromatic heterocycles. The second kappa shape index (κ2) is 5.46. The standard InChI is InChI=1S/C15H15N3OS/c1-11(14-7-4-8-20-14)17-15(19)9-18-10-16-12-5-2-3-6-13(12)18/h2-8,10-11H,9H2,1H3,(H,17,19)/t11-/m1/s1. The largest absolute Gasteiger partial charge is 0.347 e. The van der Waals surface area contributed by atoms with E-state index >= 15 is 0 Å². The molecule has 4 nitrogen and oxygen atoms in total. The van der Waals surface area contributed by atoms with Gasteiger partial charge in [-0.2, -0.15) is 0 Å². The van der Waals surface area contributed by atoms with E-state index in [1.165, 1.54) is 0 Å². The Hall–Kier alpha value is -2.14. The van der Waals surface area contributed by atoms with Crippen LogP contribution < -0.4 is 5.32 Å². The van der Waals surface area contributed by atoms with Gasteiger partial charge in [0, 0.05) is 4.88 Å². The van der Waals surface area contributed by atoms with Gasteiger partial charge in [0.2, 0.25) is 5.91 Å². The van der Waals surface area contributed by atoms with E-state index in [9.17, 15) is 4.79 Å². The molecule has 1 N–H and O–H groups in total. The number of benzene rings is 1. The highest BCUT2D eigenvalue weighted by molar-refractivity contribution is 7.10. The van der Waals surface area contributed by atoms with Crippen LogP contribution in [0.2, 0.25) is 0 Å². The van der Waals surface area contributed by atoms with Crippen LogP contribution in [0.15, 0.2) is 48.1 Å². The van der Waals surface area contributed by atoms with Gasteiger partial charge in [0.15, 0.2) is 0 Å². The van der Waals surface area contributed by atoms with E-state index in [-0.39, 0.29) is 18.5 Å². The summed E-state index contributed by atoms with van der Waals surface area (Å²) in [5.41, 5.74) is 1.89. The van der Waals surface area contributed by atoms with Crippen molar-refractivity contribution in [3.63, 3.8) is 0 Å². The molecule has 0 bridgehead atoms. The Bertz CT molecular complexity index is 718. The first kappa shape index (κ1) is 12.9. The third kappa shape index (κ3) is 2.58. The van der Waals surface area contributed by atoms with Crippen molar-refractivity contribution in [3.8, 4) is 0 Å². The van der Waals surface area contributed by atoms with Crippen molar-refractivity contribution in [1.29, 1.82) is 0 Å². The molecule has 3 rings (SSSR count). The highest BCUT2D eigenvalue weighted by atomic mass is 32.1. The summed E-state index contributed by atoms with van der Waals surface area (Å²) in [6, 6.07) is 11.9. The zero-order valence-electron chi connectivity index (χ0n) is 11.1. The Balaban J connectivity index is 1.70. The lowest BCUT2D eigenvalue weighted by Crippen LogP contribution is -2.29. The van der Waals surface area contributed by atoms with Gasteiger partial charge in [0.05, 0.1) is 23.4 Å². The molecule has 0 aliphatic carbocycles. The lowest BCUT2D eigenvalue weighted by Gasteiger charge is -2.12. The van der Waals surface area contributed by atoms with Crippen LogP contribution in [0, 0.1) is 0 Å². The van der Waals surface area contributed by atoms with E-state index in [0.717, 1.165) is 15.9 Å². The van der Waals surface area contributed by atoms with Crippen molar-refractivity contribution in [2.75, 3.05) is 0 Å². The first-order chi connectivity index (χ1) is 9.74. The number of nitrogens with zero attached hydrogens (tertiary/aromatic N) is 2. The number of amides is 1. The molecule has 1 aromatic carbocycles. The summed E-state index contributed by atoms with van der Waals surface area (Å²) in [6.07, 6.45) is 1.71. The number of hydrogen-bond donors (Lipinski definition) is 1. The maximum atomic E-state index is 12.1. The maximum absolute atomic E-state index is 12.1. The molecular weight excluding hydrogens is 270 g/mol. The fourth-order valence-electron chi connectivity index (χ4n) is 2.19. The lowest BCUT2D eigenvalue weighted by molar-refractivity contribution is -0.122. The number of hydrogen-bond acceptors (Lipinski definition) is 3. The molecule has 102 valence electrons. The number of fused-ring (bicyclic) bond motifs is 1. The molecule has 20 heavy (non-hydrogen) atoms. The van der Waals surface area contributed by atoms with Crippen LogP contribution in [-0.2, 0) is 11.3 Å². The number of rotatable bonds is 4. The summed E-state index contributed by atoms with van der Waals surface area (Å²) >= 11 is 1.65. The molecule has 2 heterocycles. The molecule has 0 radical (unpaired) electrons. The molecule has 0 fully saturated rings. The fraction of sp³-hybridized carbons (Fsp3) is 0.200. The summed E-state index contributed by atoms with van der Waals surface area (Å²) in [6.45, 7) is 2.28. The van der Waals surface area contributed by atoms with Gasteiger partial charge in [0.1, 0.15) is 6.54 Å². The van der Waals surface area contributed by atoms with Gasteiger partial charge < -0.3 is 9.88 Å². The average Bonchev–Trinajstić information content (AvgIpc) is 3.09. The lowest BCUT2D eigenvalue weighted by atomic mass is 10.2. The predicted molar refractivity (Wildman–Crippen MR) is 80.6 cm³/mol. The van der Waals surface area contributed by atoms with E-state index in [1.54, 1.807) is 17.7 Å². The van der Waals surface area contributed by atoms with Crippen LogP contribution >= 0.6 is 11.3 Å². The van der Waals surface area contributed by atoms with Crippen LogP contribution in [0.3, 0.4) is 0 Å². The highest BCUT2D eigenvalue weighted by Crippen LogP contribution is 2.18. The average molecular weight is 285 g/mol. The van der Waals surface area contributed by atoms with Crippen molar-refractivity contribution in [3.05, 3.63) is 53.0 Å². The third-order valence-corrected chi connectivity index (χ3v) is 4.24. The first-order valence-corrected chi connectivity index (χ1v) is 7.34. The Morgan fingerprint density at radius 2 is 2.20 bits per heavy atom. The predicted octanol–water partition coefficient (Wildman–Crippen LogP) is 2.98. The summed E-state index contributed by atoms with van der Waals surface area (Å²) < 4.78 is 1.87. The number of carbonyl (C=O) groups excluding carboxylic acids is 1. The van der Waals surface area contributed by atoms with E-state index in [0.29, 0.717) is 0 Å². The molecule has 5 heteroatoms. The van der Waals surface area contributed by atoms with Gasteiger partial charge in [-0.25, -0.2) is 4.98 Å². The minimum Gasteiger partial charge on any atom is -0.347 e. The van der Waals surface area contributed by atoms with Crippen LogP contribution in [-0.4, -0.2) is 15.5 Å². The SMILES string of the molecule is C[C@@H](NC(=O)Cn1cnc2ccccc21)c1cccs1. The Morgan fingerprint density at radius 1 is 1.35 bits per heavy atom. The van der Waals surface area contributed by atoms with Gasteiger partial charge in [0.25, 0.3) is 0 Å². The molecule has 3 aromatic rings. The summed E-state index contributed by atoms with van der Waals surface area (Å²) in [4.78, 5) is 17.6. The van der Waals surface area contributed by atoms with E-state index in [1.807, 2.05) is 53.3 Å². The fourth-order valence-corrected chi connectivity index (χ4v) is 2.92. The molecule has 0 saturated carbocycles. The highest BCUT2D eigenvalue weighted by Gasteiger charge is 2.11. The Morgan fingerprint density at radius 3 is 3.00 bits per heavy atom. The number of nitrogens with one attached hydrogen (secondary N) is 1. The minimum atomic E-state index is -0.00551. The molecule has 0 unspecified atom stereocenters. The summed E-state index contributed by atoms with van der Waals surface area (Å²) in [7, 11) is 0. The summed E-state index contributed by atoms with van der Waals surface area (Å²) in [5.74, 6) is -0.00551. The molecule has 1 amide bonds. The van der Waals surface area contributed by atoms with Gasteiger partial charge in [-0.3, -0.25) is 4.79 Å². The Labute approximate surface area is 121 Å². The van der Waals surface area contributed by atoms with E-state index in [2.05, 4.69) is 10.3 Å². The van der Waals surface area contributed by atoms with Crippen LogP contribution in [0.25, 0.3) is 11.0 Å². The molecule has 0 aliphatic rings. The molecule has 0 saturated heterocycles. The second-order valence-electron chi connectivity index (χ2n) is 4.67. The zero-order valence-corrected chi connectivity index (χ0v) is 11.9. The number of para-hydroxylation sites is 2. The molecule has 0 aliphatic heterocycles. The number of aromatic nitrogens is 2. The van der Waals surface area contributed by atoms with Crippen molar-refractivity contribution in [1.82, 2.24) is 14.9 Å². The van der Waals surface area contributed by atoms with Gasteiger partial charge in [-0.05, 0) is 30.5 Å². The number of thiophene rings is 1. The van der Waals surface area contributed by atoms with Gasteiger partial charge >= 0.3 is 0 Å². The normalized spacial score (nSPS) is 12.4. The molecule has 0 spiro atoms. The van der Waals surface area contributed by atoms with Crippen molar-refractivity contribution in [2.45, 2.75) is 19.5 Å². The molecule has 1 atom stereocenters. The van der Waals surface area contributed by atoms with Crippen LogP contribution in [0.1, 0.15) is 17.8 Å². The summed E-state index contributed by atoms with van der Waals surface area (Å²) in [5, 5.41) is 5.02. The van der Waals surface area contributed by atoms with Crippen molar-refractivity contribution in [2.24, 2.45) is 0 Å². The molecular formula is C15H15N3OS. The maximum Gasteiger partial charge on any atom is 0.240 e. The van der Waals surface area contributed by atoms with Crippen molar-refractivity contribution < 1.29 is 4.79 Å². The number of carbonyl (C=O) groups is 1. The van der Waals surface area contributed by atoms with E-state index in [4.69, 9.17) is 0 Å².